The number of hydrogen-bond acceptors (Lipinski definition) is 3. The molecule has 2 rings (SSSR count). The second kappa shape index (κ2) is 7.05. The fraction of sp³-hybridized carbons (Fsp3) is 0.350. The molecule has 0 radical (unpaired) electrons. The van der Waals surface area contributed by atoms with Crippen molar-refractivity contribution >= 4 is 6.16 Å². The SMILES string of the molecule is CC(C)(C)OCC(C)(c1ccccc1)c1ccccc1OC(=O)O. The van der Waals surface area contributed by atoms with Gasteiger partial charge in [0.2, 0.25) is 0 Å². The molecular weight excluding hydrogens is 304 g/mol. The van der Waals surface area contributed by atoms with Crippen LogP contribution in [0.25, 0.3) is 0 Å². The molecular formula is C20H24O4. The molecule has 24 heavy (non-hydrogen) atoms. The Balaban J connectivity index is 2.53. The number of para-hydroxylation sites is 1. The van der Waals surface area contributed by atoms with Crippen LogP contribution in [0.5, 0.6) is 5.75 Å². The standard InChI is InChI=1S/C20H24O4/c1-19(2,3)23-14-20(4,15-10-6-5-7-11-15)16-12-8-9-13-17(16)24-18(21)22/h5-13H,14H2,1-4H3,(H,21,22). The van der Waals surface area contributed by atoms with Crippen LogP contribution >= 0.6 is 0 Å². The normalized spacial score (nSPS) is 14.0. The zero-order chi connectivity index (χ0) is 17.8. The lowest BCUT2D eigenvalue weighted by molar-refractivity contribution is -0.0216. The van der Waals surface area contributed by atoms with Gasteiger partial charge in [0.25, 0.3) is 0 Å². The summed E-state index contributed by atoms with van der Waals surface area (Å²) in [5.74, 6) is 0.328. The molecule has 0 spiro atoms. The first-order valence-electron chi connectivity index (χ1n) is 7.92. The van der Waals surface area contributed by atoms with Gasteiger partial charge in [-0.3, -0.25) is 0 Å². The highest BCUT2D eigenvalue weighted by atomic mass is 16.7. The number of hydrogen-bond donors (Lipinski definition) is 1. The fourth-order valence-corrected chi connectivity index (χ4v) is 2.59. The smallest absolute Gasteiger partial charge is 0.449 e. The number of ether oxygens (including phenoxy) is 2. The van der Waals surface area contributed by atoms with Gasteiger partial charge in [-0.1, -0.05) is 48.5 Å². The minimum Gasteiger partial charge on any atom is -0.449 e. The van der Waals surface area contributed by atoms with Gasteiger partial charge in [-0.25, -0.2) is 4.79 Å². The van der Waals surface area contributed by atoms with Crippen LogP contribution in [0.3, 0.4) is 0 Å². The lowest BCUT2D eigenvalue weighted by atomic mass is 9.76. The number of rotatable bonds is 5. The van der Waals surface area contributed by atoms with Gasteiger partial charge < -0.3 is 14.6 Å². The Labute approximate surface area is 143 Å². The molecule has 0 aliphatic heterocycles. The molecule has 128 valence electrons. The maximum absolute atomic E-state index is 11.0. The lowest BCUT2D eigenvalue weighted by Gasteiger charge is -2.34. The van der Waals surface area contributed by atoms with Crippen molar-refractivity contribution in [3.05, 3.63) is 65.7 Å². The van der Waals surface area contributed by atoms with Gasteiger partial charge in [0.05, 0.1) is 12.2 Å². The first-order valence-corrected chi connectivity index (χ1v) is 7.92. The molecule has 4 heteroatoms. The van der Waals surface area contributed by atoms with E-state index in [9.17, 15) is 4.79 Å². The Hall–Kier alpha value is -2.33. The number of carboxylic acid groups (broad SMARTS) is 1. The number of benzene rings is 2. The third-order valence-electron chi connectivity index (χ3n) is 3.88. The Morgan fingerprint density at radius 1 is 0.958 bits per heavy atom. The van der Waals surface area contributed by atoms with Crippen LogP contribution in [-0.2, 0) is 10.2 Å². The summed E-state index contributed by atoms with van der Waals surface area (Å²) in [6.45, 7) is 8.44. The summed E-state index contributed by atoms with van der Waals surface area (Å²) >= 11 is 0. The third kappa shape index (κ3) is 4.36. The van der Waals surface area contributed by atoms with E-state index in [2.05, 4.69) is 0 Å². The molecule has 0 aliphatic carbocycles. The van der Waals surface area contributed by atoms with Gasteiger partial charge in [-0.2, -0.15) is 0 Å². The summed E-state index contributed by atoms with van der Waals surface area (Å²) in [5, 5.41) is 9.03. The van der Waals surface area contributed by atoms with E-state index >= 15 is 0 Å². The molecule has 0 saturated carbocycles. The van der Waals surface area contributed by atoms with Crippen LogP contribution in [0, 0.1) is 0 Å². The van der Waals surface area contributed by atoms with E-state index in [0.717, 1.165) is 11.1 Å². The van der Waals surface area contributed by atoms with Crippen molar-refractivity contribution in [3.63, 3.8) is 0 Å². The van der Waals surface area contributed by atoms with E-state index in [-0.39, 0.29) is 5.60 Å². The Kier molecular flexibility index (Phi) is 5.30. The molecule has 1 atom stereocenters. The van der Waals surface area contributed by atoms with E-state index in [1.54, 1.807) is 12.1 Å². The predicted molar refractivity (Wildman–Crippen MR) is 93.7 cm³/mol. The molecule has 0 bridgehead atoms. The Morgan fingerprint density at radius 3 is 2.12 bits per heavy atom. The van der Waals surface area contributed by atoms with Crippen molar-refractivity contribution in [2.75, 3.05) is 6.61 Å². The van der Waals surface area contributed by atoms with Gasteiger partial charge in [-0.15, -0.1) is 0 Å². The molecule has 1 N–H and O–H groups in total. The molecule has 0 aliphatic rings. The Morgan fingerprint density at radius 2 is 1.54 bits per heavy atom. The van der Waals surface area contributed by atoms with Gasteiger partial charge in [0.1, 0.15) is 5.75 Å². The maximum atomic E-state index is 11.0. The summed E-state index contributed by atoms with van der Waals surface area (Å²) in [6, 6.07) is 17.1. The van der Waals surface area contributed by atoms with Crippen LogP contribution in [0.2, 0.25) is 0 Å². The summed E-state index contributed by atoms with van der Waals surface area (Å²) in [4.78, 5) is 11.0. The fourth-order valence-electron chi connectivity index (χ4n) is 2.59. The first-order chi connectivity index (χ1) is 11.2. The highest BCUT2D eigenvalue weighted by Gasteiger charge is 2.34. The van der Waals surface area contributed by atoms with E-state index < -0.39 is 11.6 Å². The van der Waals surface area contributed by atoms with Gasteiger partial charge in [0, 0.05) is 11.0 Å². The molecule has 0 amide bonds. The molecule has 1 unspecified atom stereocenters. The van der Waals surface area contributed by atoms with Crippen LogP contribution in [0.1, 0.15) is 38.8 Å². The zero-order valence-corrected chi connectivity index (χ0v) is 14.6. The van der Waals surface area contributed by atoms with Crippen LogP contribution in [0.15, 0.2) is 54.6 Å². The molecule has 4 nitrogen and oxygen atoms in total. The quantitative estimate of drug-likeness (QED) is 0.629. The van der Waals surface area contributed by atoms with Crippen LogP contribution < -0.4 is 4.74 Å². The lowest BCUT2D eigenvalue weighted by Crippen LogP contribution is -2.35. The van der Waals surface area contributed by atoms with Crippen molar-refractivity contribution in [1.82, 2.24) is 0 Å². The summed E-state index contributed by atoms with van der Waals surface area (Å²) in [5.41, 5.74) is 0.970. The van der Waals surface area contributed by atoms with Gasteiger partial charge in [-0.05, 0) is 39.3 Å². The summed E-state index contributed by atoms with van der Waals surface area (Å²) < 4.78 is 11.1. The zero-order valence-electron chi connectivity index (χ0n) is 14.6. The molecule has 0 saturated heterocycles. The summed E-state index contributed by atoms with van der Waals surface area (Å²) in [7, 11) is 0. The van der Waals surface area contributed by atoms with E-state index in [1.165, 1.54) is 0 Å². The van der Waals surface area contributed by atoms with Crippen molar-refractivity contribution in [3.8, 4) is 5.75 Å². The Bertz CT molecular complexity index is 688. The van der Waals surface area contributed by atoms with E-state index in [1.807, 2.05) is 70.2 Å². The van der Waals surface area contributed by atoms with E-state index in [4.69, 9.17) is 14.6 Å². The van der Waals surface area contributed by atoms with Crippen molar-refractivity contribution in [1.29, 1.82) is 0 Å². The van der Waals surface area contributed by atoms with Gasteiger partial charge in [0.15, 0.2) is 0 Å². The molecule has 2 aromatic rings. The second-order valence-electron chi connectivity index (χ2n) is 6.96. The molecule has 2 aromatic carbocycles. The van der Waals surface area contributed by atoms with Crippen molar-refractivity contribution in [2.45, 2.75) is 38.7 Å². The maximum Gasteiger partial charge on any atom is 0.511 e. The van der Waals surface area contributed by atoms with Gasteiger partial charge >= 0.3 is 6.16 Å². The van der Waals surface area contributed by atoms with Crippen LogP contribution in [0.4, 0.5) is 4.79 Å². The molecule has 0 heterocycles. The monoisotopic (exact) mass is 328 g/mol. The molecule has 0 fully saturated rings. The predicted octanol–water partition coefficient (Wildman–Crippen LogP) is 4.86. The number of carbonyl (C=O) groups is 1. The first kappa shape index (κ1) is 18.0. The largest absolute Gasteiger partial charge is 0.511 e. The highest BCUT2D eigenvalue weighted by molar-refractivity contribution is 5.63. The summed E-state index contributed by atoms with van der Waals surface area (Å²) in [6.07, 6.45) is -1.32. The van der Waals surface area contributed by atoms with Crippen molar-refractivity contribution in [2.24, 2.45) is 0 Å². The highest BCUT2D eigenvalue weighted by Crippen LogP contribution is 2.38. The van der Waals surface area contributed by atoms with Crippen LogP contribution in [-0.4, -0.2) is 23.5 Å². The second-order valence-corrected chi connectivity index (χ2v) is 6.96. The minimum absolute atomic E-state index is 0.307. The average Bonchev–Trinajstić information content (AvgIpc) is 2.53. The average molecular weight is 328 g/mol. The minimum atomic E-state index is -1.32. The van der Waals surface area contributed by atoms with Crippen molar-refractivity contribution < 1.29 is 19.4 Å². The van der Waals surface area contributed by atoms with E-state index in [0.29, 0.717) is 12.4 Å². The topological polar surface area (TPSA) is 55.8 Å². The third-order valence-corrected chi connectivity index (χ3v) is 3.88. The molecule has 0 aromatic heterocycles.